The maximum Gasteiger partial charge on any atom is 0.0921 e. The van der Waals surface area contributed by atoms with Crippen molar-refractivity contribution >= 4 is 0 Å². The molecule has 0 radical (unpaired) electrons. The molecule has 1 aromatic heterocycles. The molecule has 0 aromatic carbocycles. The van der Waals surface area contributed by atoms with Crippen molar-refractivity contribution in [1.82, 2.24) is 9.97 Å². The van der Waals surface area contributed by atoms with Gasteiger partial charge in [-0.1, -0.05) is 19.1 Å². The van der Waals surface area contributed by atoms with E-state index < -0.39 is 0 Å². The highest BCUT2D eigenvalue weighted by molar-refractivity contribution is 5.42. The van der Waals surface area contributed by atoms with Gasteiger partial charge in [0.1, 0.15) is 0 Å². The summed E-state index contributed by atoms with van der Waals surface area (Å²) in [5.41, 5.74) is 9.04. The molecule has 0 fully saturated rings. The normalized spacial score (nSPS) is 14.8. The van der Waals surface area contributed by atoms with Crippen LogP contribution in [-0.2, 0) is 0 Å². The summed E-state index contributed by atoms with van der Waals surface area (Å²) >= 11 is 0. The van der Waals surface area contributed by atoms with Gasteiger partial charge in [0.05, 0.1) is 12.9 Å². The van der Waals surface area contributed by atoms with Crippen molar-refractivity contribution in [3.63, 3.8) is 0 Å². The van der Waals surface area contributed by atoms with E-state index in [0.29, 0.717) is 0 Å². The summed E-state index contributed by atoms with van der Waals surface area (Å²) in [6, 6.07) is 0. The minimum absolute atomic E-state index is 0.0481. The van der Waals surface area contributed by atoms with Crippen molar-refractivity contribution in [1.29, 1.82) is 0 Å². The zero-order valence-corrected chi connectivity index (χ0v) is 10.3. The van der Waals surface area contributed by atoms with Crippen LogP contribution < -0.4 is 5.73 Å². The van der Waals surface area contributed by atoms with Crippen LogP contribution in [0.15, 0.2) is 48.1 Å². The molecule has 17 heavy (non-hydrogen) atoms. The molecule has 0 bridgehead atoms. The maximum atomic E-state index is 9.42. The Balaban J connectivity index is 3.21. The Morgan fingerprint density at radius 3 is 2.82 bits per heavy atom. The number of nitrogens with one attached hydrogen (secondary N) is 1. The summed E-state index contributed by atoms with van der Waals surface area (Å²) in [6.07, 6.45) is 6.67. The Bertz CT molecular complexity index is 430. The van der Waals surface area contributed by atoms with Gasteiger partial charge >= 0.3 is 0 Å². The fourth-order valence-corrected chi connectivity index (χ4v) is 1.75. The lowest BCUT2D eigenvalue weighted by atomic mass is 9.90. The lowest BCUT2D eigenvalue weighted by Gasteiger charge is -2.16. The number of hydrogen-bond donors (Lipinski definition) is 3. The second kappa shape index (κ2) is 6.06. The number of aliphatic hydroxyl groups is 1. The molecule has 4 nitrogen and oxygen atoms in total. The van der Waals surface area contributed by atoms with Crippen LogP contribution in [0.5, 0.6) is 0 Å². The second-order valence-corrected chi connectivity index (χ2v) is 3.96. The number of nitrogens with zero attached hydrogens (tertiary/aromatic N) is 1. The van der Waals surface area contributed by atoms with Crippen LogP contribution in [0.3, 0.4) is 0 Å². The number of aliphatic hydroxyl groups excluding tert-OH is 1. The van der Waals surface area contributed by atoms with Gasteiger partial charge in [0.15, 0.2) is 0 Å². The van der Waals surface area contributed by atoms with Gasteiger partial charge in [0.2, 0.25) is 0 Å². The predicted octanol–water partition coefficient (Wildman–Crippen LogP) is 1.85. The Labute approximate surface area is 102 Å². The van der Waals surface area contributed by atoms with Crippen molar-refractivity contribution in [2.75, 3.05) is 6.61 Å². The van der Waals surface area contributed by atoms with Crippen LogP contribution in [0.25, 0.3) is 0 Å². The van der Waals surface area contributed by atoms with E-state index >= 15 is 0 Å². The van der Waals surface area contributed by atoms with Crippen LogP contribution in [0.2, 0.25) is 0 Å². The number of aromatic amines is 1. The molecule has 0 spiro atoms. The maximum absolute atomic E-state index is 9.42. The molecule has 1 atom stereocenters. The highest BCUT2D eigenvalue weighted by Gasteiger charge is 2.15. The average molecular weight is 233 g/mol. The molecule has 0 aliphatic heterocycles. The third kappa shape index (κ3) is 3.07. The molecule has 0 amide bonds. The fraction of sp³-hybridized carbons (Fsp3) is 0.308. The quantitative estimate of drug-likeness (QED) is 0.679. The molecule has 4 N–H and O–H groups in total. The first-order chi connectivity index (χ1) is 8.11. The van der Waals surface area contributed by atoms with Crippen LogP contribution in [-0.4, -0.2) is 21.7 Å². The fourth-order valence-electron chi connectivity index (χ4n) is 1.75. The summed E-state index contributed by atoms with van der Waals surface area (Å²) < 4.78 is 0. The van der Waals surface area contributed by atoms with Crippen molar-refractivity contribution in [3.05, 3.63) is 53.8 Å². The Morgan fingerprint density at radius 1 is 1.71 bits per heavy atom. The van der Waals surface area contributed by atoms with E-state index in [-0.39, 0.29) is 12.5 Å². The number of aromatic nitrogens is 2. The highest BCUT2D eigenvalue weighted by atomic mass is 16.3. The molecule has 1 rings (SSSR count). The molecule has 0 saturated heterocycles. The molecular formula is C13H19N3O. The lowest BCUT2D eigenvalue weighted by molar-refractivity contribution is 0.332. The summed E-state index contributed by atoms with van der Waals surface area (Å²) in [6.45, 7) is 7.73. The molecular weight excluding hydrogens is 214 g/mol. The standard InChI is InChI=1S/C13H19N3O/c1-9(2)12(7-17)11(4-5-14)10(3)13-6-15-8-16-13/h4-6,8,10,17H,1,7,14H2,2-3H3,(H,15,16)/b5-4-,12-11+. The van der Waals surface area contributed by atoms with Crippen molar-refractivity contribution in [2.45, 2.75) is 19.8 Å². The topological polar surface area (TPSA) is 74.9 Å². The number of allylic oxidation sites excluding steroid dienone is 2. The molecule has 92 valence electrons. The van der Waals surface area contributed by atoms with E-state index in [9.17, 15) is 5.11 Å². The number of rotatable bonds is 5. The Hall–Kier alpha value is -1.81. The monoisotopic (exact) mass is 233 g/mol. The molecule has 1 unspecified atom stereocenters. The molecule has 4 heteroatoms. The molecule has 1 heterocycles. The number of H-pyrrole nitrogens is 1. The van der Waals surface area contributed by atoms with E-state index in [0.717, 1.165) is 22.4 Å². The van der Waals surface area contributed by atoms with Crippen molar-refractivity contribution in [2.24, 2.45) is 5.73 Å². The van der Waals surface area contributed by atoms with Gasteiger partial charge in [-0.05, 0) is 30.3 Å². The van der Waals surface area contributed by atoms with Gasteiger partial charge in [0.25, 0.3) is 0 Å². The smallest absolute Gasteiger partial charge is 0.0921 e. The van der Waals surface area contributed by atoms with E-state index in [4.69, 9.17) is 5.73 Å². The van der Waals surface area contributed by atoms with Gasteiger partial charge in [-0.2, -0.15) is 0 Å². The van der Waals surface area contributed by atoms with Gasteiger partial charge in [-0.3, -0.25) is 0 Å². The zero-order chi connectivity index (χ0) is 12.8. The van der Waals surface area contributed by atoms with E-state index in [1.807, 2.05) is 13.8 Å². The van der Waals surface area contributed by atoms with Crippen molar-refractivity contribution < 1.29 is 5.11 Å². The van der Waals surface area contributed by atoms with Crippen LogP contribution in [0.1, 0.15) is 25.5 Å². The zero-order valence-electron chi connectivity index (χ0n) is 10.3. The lowest BCUT2D eigenvalue weighted by Crippen LogP contribution is -2.05. The third-order valence-corrected chi connectivity index (χ3v) is 2.75. The Morgan fingerprint density at radius 2 is 2.41 bits per heavy atom. The SMILES string of the molecule is C=C(C)/C(CO)=C(\C=C/N)C(C)c1cnc[nH]1. The number of nitrogens with two attached hydrogens (primary N) is 1. The van der Waals surface area contributed by atoms with Crippen molar-refractivity contribution in [3.8, 4) is 0 Å². The van der Waals surface area contributed by atoms with E-state index in [2.05, 4.69) is 16.5 Å². The first kappa shape index (κ1) is 13.3. The predicted molar refractivity (Wildman–Crippen MR) is 69.3 cm³/mol. The molecule has 0 aliphatic carbocycles. The van der Waals surface area contributed by atoms with Gasteiger partial charge in [-0.15, -0.1) is 0 Å². The first-order valence-electron chi connectivity index (χ1n) is 5.48. The summed E-state index contributed by atoms with van der Waals surface area (Å²) in [4.78, 5) is 7.06. The molecule has 0 aliphatic rings. The van der Waals surface area contributed by atoms with E-state index in [1.165, 1.54) is 6.20 Å². The number of hydrogen-bond acceptors (Lipinski definition) is 3. The average Bonchev–Trinajstić information content (AvgIpc) is 2.81. The van der Waals surface area contributed by atoms with Gasteiger partial charge in [0, 0.05) is 17.8 Å². The minimum atomic E-state index is -0.0481. The summed E-state index contributed by atoms with van der Waals surface area (Å²) in [5, 5.41) is 9.42. The third-order valence-electron chi connectivity index (χ3n) is 2.75. The second-order valence-electron chi connectivity index (χ2n) is 3.96. The minimum Gasteiger partial charge on any atom is -0.405 e. The van der Waals surface area contributed by atoms with Crippen LogP contribution in [0.4, 0.5) is 0 Å². The molecule has 0 saturated carbocycles. The van der Waals surface area contributed by atoms with Crippen LogP contribution >= 0.6 is 0 Å². The first-order valence-corrected chi connectivity index (χ1v) is 5.48. The Kier molecular flexibility index (Phi) is 4.72. The highest BCUT2D eigenvalue weighted by Crippen LogP contribution is 2.28. The number of imidazole rings is 1. The summed E-state index contributed by atoms with van der Waals surface area (Å²) in [7, 11) is 0. The summed E-state index contributed by atoms with van der Waals surface area (Å²) in [5.74, 6) is 0.0798. The van der Waals surface area contributed by atoms with Crippen LogP contribution in [0, 0.1) is 0 Å². The van der Waals surface area contributed by atoms with Gasteiger partial charge in [-0.25, -0.2) is 4.98 Å². The molecule has 1 aromatic rings. The van der Waals surface area contributed by atoms with E-state index in [1.54, 1.807) is 18.6 Å². The largest absolute Gasteiger partial charge is 0.405 e. The van der Waals surface area contributed by atoms with Gasteiger partial charge < -0.3 is 15.8 Å².